The van der Waals surface area contributed by atoms with Gasteiger partial charge in [0.15, 0.2) is 0 Å². The minimum Gasteiger partial charge on any atom is -0.353 e. The van der Waals surface area contributed by atoms with Gasteiger partial charge in [0.1, 0.15) is 0 Å². The molecule has 5 heteroatoms. The van der Waals surface area contributed by atoms with E-state index in [-0.39, 0.29) is 0 Å². The summed E-state index contributed by atoms with van der Waals surface area (Å²) in [5.41, 5.74) is 1.04. The zero-order chi connectivity index (χ0) is 13.2. The van der Waals surface area contributed by atoms with Crippen LogP contribution in [0.4, 0.5) is 5.95 Å². The van der Waals surface area contributed by atoms with Gasteiger partial charge in [-0.1, -0.05) is 24.4 Å². The van der Waals surface area contributed by atoms with Crippen molar-refractivity contribution >= 4 is 33.5 Å². The quantitative estimate of drug-likeness (QED) is 0.882. The van der Waals surface area contributed by atoms with Crippen molar-refractivity contribution in [2.45, 2.75) is 31.7 Å². The van der Waals surface area contributed by atoms with Gasteiger partial charge in [-0.05, 0) is 47.0 Å². The Balaban J connectivity index is 1.90. The van der Waals surface area contributed by atoms with Crippen LogP contribution in [0.1, 0.15) is 25.7 Å². The summed E-state index contributed by atoms with van der Waals surface area (Å²) in [4.78, 5) is 4.42. The van der Waals surface area contributed by atoms with Crippen molar-refractivity contribution in [3.63, 3.8) is 0 Å². The number of hydrogen-bond donors (Lipinski definition) is 1. The number of halogens is 2. The number of hydrogen-bond acceptors (Lipinski definition) is 2. The molecule has 1 heterocycles. The first-order chi connectivity index (χ1) is 9.24. The first-order valence-corrected chi connectivity index (χ1v) is 7.66. The molecule has 1 fully saturated rings. The van der Waals surface area contributed by atoms with Crippen molar-refractivity contribution in [1.82, 2.24) is 9.55 Å². The van der Waals surface area contributed by atoms with E-state index in [9.17, 15) is 0 Å². The van der Waals surface area contributed by atoms with Gasteiger partial charge in [-0.25, -0.2) is 4.98 Å². The molecule has 0 spiro atoms. The van der Waals surface area contributed by atoms with Crippen LogP contribution >= 0.6 is 27.5 Å². The van der Waals surface area contributed by atoms with Gasteiger partial charge in [0, 0.05) is 27.9 Å². The number of anilines is 1. The third-order valence-corrected chi connectivity index (χ3v) is 4.37. The van der Waals surface area contributed by atoms with Gasteiger partial charge in [-0.2, -0.15) is 0 Å². The highest BCUT2D eigenvalue weighted by molar-refractivity contribution is 9.10. The second-order valence-corrected chi connectivity index (χ2v) is 6.13. The highest BCUT2D eigenvalue weighted by atomic mass is 79.9. The van der Waals surface area contributed by atoms with Crippen molar-refractivity contribution in [3.05, 3.63) is 40.1 Å². The molecule has 0 aliphatic heterocycles. The monoisotopic (exact) mass is 339 g/mol. The molecule has 1 saturated carbocycles. The highest BCUT2D eigenvalue weighted by Crippen LogP contribution is 2.28. The SMILES string of the molecule is Clc1ccc(-n2ccnc2NC2CCCC2)c(Br)c1. The van der Waals surface area contributed by atoms with Crippen LogP contribution in [0.5, 0.6) is 0 Å². The van der Waals surface area contributed by atoms with E-state index in [0.717, 1.165) is 21.1 Å². The molecule has 0 unspecified atom stereocenters. The predicted octanol–water partition coefficient (Wildman–Crippen LogP) is 4.64. The summed E-state index contributed by atoms with van der Waals surface area (Å²) in [6.07, 6.45) is 8.86. The molecule has 0 bridgehead atoms. The fraction of sp³-hybridized carbons (Fsp3) is 0.357. The van der Waals surface area contributed by atoms with Crippen LogP contribution in [0.2, 0.25) is 5.02 Å². The topological polar surface area (TPSA) is 29.9 Å². The van der Waals surface area contributed by atoms with Gasteiger partial charge in [-0.15, -0.1) is 0 Å². The van der Waals surface area contributed by atoms with Crippen LogP contribution in [0, 0.1) is 0 Å². The zero-order valence-corrected chi connectivity index (χ0v) is 12.8. The normalized spacial score (nSPS) is 15.9. The number of benzene rings is 1. The fourth-order valence-corrected chi connectivity index (χ4v) is 3.41. The van der Waals surface area contributed by atoms with Crippen LogP contribution in [-0.2, 0) is 0 Å². The molecule has 2 aromatic rings. The van der Waals surface area contributed by atoms with Crippen molar-refractivity contribution in [1.29, 1.82) is 0 Å². The molecule has 3 nitrogen and oxygen atoms in total. The molecule has 0 amide bonds. The lowest BCUT2D eigenvalue weighted by Gasteiger charge is -2.15. The Labute approximate surface area is 126 Å². The first-order valence-electron chi connectivity index (χ1n) is 6.49. The molecule has 1 aliphatic carbocycles. The van der Waals surface area contributed by atoms with Crippen LogP contribution in [0.15, 0.2) is 35.1 Å². The number of imidazole rings is 1. The summed E-state index contributed by atoms with van der Waals surface area (Å²) in [5, 5.41) is 4.25. The lowest BCUT2D eigenvalue weighted by molar-refractivity contribution is 0.740. The number of rotatable bonds is 3. The Hall–Kier alpha value is -1.00. The third kappa shape index (κ3) is 2.79. The molecule has 0 radical (unpaired) electrons. The van der Waals surface area contributed by atoms with Crippen LogP contribution in [-0.4, -0.2) is 15.6 Å². The van der Waals surface area contributed by atoms with Crippen molar-refractivity contribution < 1.29 is 0 Å². The third-order valence-electron chi connectivity index (χ3n) is 3.50. The Kier molecular flexibility index (Phi) is 3.80. The molecule has 0 atom stereocenters. The second-order valence-electron chi connectivity index (χ2n) is 4.84. The summed E-state index contributed by atoms with van der Waals surface area (Å²) < 4.78 is 3.02. The molecule has 1 N–H and O–H groups in total. The largest absolute Gasteiger partial charge is 0.353 e. The molecule has 3 rings (SSSR count). The van der Waals surface area contributed by atoms with Gasteiger partial charge in [-0.3, -0.25) is 4.57 Å². The second kappa shape index (κ2) is 5.55. The van der Waals surface area contributed by atoms with E-state index in [1.807, 2.05) is 30.6 Å². The molecule has 1 aromatic carbocycles. The van der Waals surface area contributed by atoms with E-state index < -0.39 is 0 Å². The molecular weight excluding hydrogens is 326 g/mol. The summed E-state index contributed by atoms with van der Waals surface area (Å²) in [6, 6.07) is 6.33. The minimum atomic E-state index is 0.548. The first kappa shape index (κ1) is 13.0. The van der Waals surface area contributed by atoms with E-state index in [2.05, 4.69) is 30.8 Å². The van der Waals surface area contributed by atoms with Gasteiger partial charge in [0.2, 0.25) is 5.95 Å². The Morgan fingerprint density at radius 3 is 2.84 bits per heavy atom. The maximum absolute atomic E-state index is 5.99. The number of nitrogens with zero attached hydrogens (tertiary/aromatic N) is 2. The molecular formula is C14H15BrClN3. The Bertz CT molecular complexity index is 576. The van der Waals surface area contributed by atoms with Crippen LogP contribution in [0.3, 0.4) is 0 Å². The van der Waals surface area contributed by atoms with Crippen molar-refractivity contribution in [2.24, 2.45) is 0 Å². The maximum Gasteiger partial charge on any atom is 0.207 e. The number of aromatic nitrogens is 2. The summed E-state index contributed by atoms with van der Waals surface area (Å²) in [7, 11) is 0. The van der Waals surface area contributed by atoms with Gasteiger partial charge in [0.05, 0.1) is 5.69 Å². The highest BCUT2D eigenvalue weighted by Gasteiger charge is 2.17. The summed E-state index contributed by atoms with van der Waals surface area (Å²) >= 11 is 9.54. The molecule has 19 heavy (non-hydrogen) atoms. The zero-order valence-electron chi connectivity index (χ0n) is 10.4. The number of nitrogens with one attached hydrogen (secondary N) is 1. The summed E-state index contributed by atoms with van der Waals surface area (Å²) in [6.45, 7) is 0. The molecule has 1 aromatic heterocycles. The average molecular weight is 341 g/mol. The van der Waals surface area contributed by atoms with E-state index >= 15 is 0 Å². The Morgan fingerprint density at radius 1 is 1.32 bits per heavy atom. The smallest absolute Gasteiger partial charge is 0.207 e. The Morgan fingerprint density at radius 2 is 2.11 bits per heavy atom. The average Bonchev–Trinajstić information content (AvgIpc) is 3.02. The van der Waals surface area contributed by atoms with Gasteiger partial charge < -0.3 is 5.32 Å². The van der Waals surface area contributed by atoms with Gasteiger partial charge >= 0.3 is 0 Å². The van der Waals surface area contributed by atoms with E-state index in [4.69, 9.17) is 11.6 Å². The van der Waals surface area contributed by atoms with Crippen molar-refractivity contribution in [3.8, 4) is 5.69 Å². The van der Waals surface area contributed by atoms with Crippen molar-refractivity contribution in [2.75, 3.05) is 5.32 Å². The maximum atomic E-state index is 5.99. The summed E-state index contributed by atoms with van der Waals surface area (Å²) in [5.74, 6) is 0.898. The van der Waals surface area contributed by atoms with E-state index in [1.165, 1.54) is 25.7 Å². The predicted molar refractivity (Wildman–Crippen MR) is 82.2 cm³/mol. The molecule has 1 aliphatic rings. The lowest BCUT2D eigenvalue weighted by Crippen LogP contribution is -2.17. The lowest BCUT2D eigenvalue weighted by atomic mass is 10.2. The fourth-order valence-electron chi connectivity index (χ4n) is 2.53. The van der Waals surface area contributed by atoms with E-state index in [1.54, 1.807) is 0 Å². The van der Waals surface area contributed by atoms with Crippen LogP contribution in [0.25, 0.3) is 5.69 Å². The molecule has 0 saturated heterocycles. The standard InChI is InChI=1S/C14H15BrClN3/c15-12-9-10(16)5-6-13(12)19-8-7-17-14(19)18-11-3-1-2-4-11/h5-9,11H,1-4H2,(H,17,18). The van der Waals surface area contributed by atoms with Gasteiger partial charge in [0.25, 0.3) is 0 Å². The minimum absolute atomic E-state index is 0.548. The molecule has 100 valence electrons. The van der Waals surface area contributed by atoms with E-state index in [0.29, 0.717) is 6.04 Å². The van der Waals surface area contributed by atoms with Crippen LogP contribution < -0.4 is 5.32 Å².